The summed E-state index contributed by atoms with van der Waals surface area (Å²) < 4.78 is 32.2. The van der Waals surface area contributed by atoms with Gasteiger partial charge in [0, 0.05) is 25.2 Å². The molecule has 2 aliphatic heterocycles. The van der Waals surface area contributed by atoms with Crippen LogP contribution in [-0.2, 0) is 10.0 Å². The standard InChI is InChI=1S/C16H20N6O3S/c1-10(16-19-15(20-25-16)12-9-17-7-8-22(12)2)18-14-11-5-3-4-6-13(11)26(23,24)21-14/h3-6,10,12,17H,7-9H2,1-2H3,(H,18,21). The summed E-state index contributed by atoms with van der Waals surface area (Å²) in [6.45, 7) is 4.39. The van der Waals surface area contributed by atoms with Crippen LogP contribution in [-0.4, -0.2) is 56.0 Å². The topological polar surface area (TPSA) is 113 Å². The Hall–Kier alpha value is -2.30. The van der Waals surface area contributed by atoms with E-state index in [4.69, 9.17) is 4.52 Å². The van der Waals surface area contributed by atoms with Crippen LogP contribution in [0.1, 0.15) is 36.3 Å². The summed E-state index contributed by atoms with van der Waals surface area (Å²) in [6, 6.07) is 6.32. The van der Waals surface area contributed by atoms with Crippen LogP contribution < -0.4 is 10.0 Å². The predicted octanol–water partition coefficient (Wildman–Crippen LogP) is 0.445. The Kier molecular flexibility index (Phi) is 4.25. The number of amidine groups is 1. The minimum Gasteiger partial charge on any atom is -0.337 e. The van der Waals surface area contributed by atoms with E-state index in [1.807, 2.05) is 7.05 Å². The van der Waals surface area contributed by atoms with Crippen molar-refractivity contribution in [3.05, 3.63) is 41.5 Å². The van der Waals surface area contributed by atoms with Gasteiger partial charge >= 0.3 is 0 Å². The molecule has 0 spiro atoms. The number of aromatic nitrogens is 2. The van der Waals surface area contributed by atoms with Gasteiger partial charge in [-0.2, -0.15) is 4.98 Å². The van der Waals surface area contributed by atoms with Gasteiger partial charge in [-0.15, -0.1) is 0 Å². The fourth-order valence-corrected chi connectivity index (χ4v) is 4.36. The summed E-state index contributed by atoms with van der Waals surface area (Å²) in [5.74, 6) is 1.26. The maximum atomic E-state index is 12.2. The number of aliphatic imine (C=N–C) groups is 1. The second-order valence-electron chi connectivity index (χ2n) is 6.45. The largest absolute Gasteiger partial charge is 0.337 e. The Morgan fingerprint density at radius 1 is 1.38 bits per heavy atom. The third-order valence-corrected chi connectivity index (χ3v) is 6.01. The van der Waals surface area contributed by atoms with Gasteiger partial charge in [-0.25, -0.2) is 8.42 Å². The van der Waals surface area contributed by atoms with Crippen molar-refractivity contribution in [2.45, 2.75) is 23.9 Å². The van der Waals surface area contributed by atoms with Crippen molar-refractivity contribution >= 4 is 15.9 Å². The minimum atomic E-state index is -3.56. The van der Waals surface area contributed by atoms with E-state index < -0.39 is 16.1 Å². The van der Waals surface area contributed by atoms with Crippen LogP contribution in [0.3, 0.4) is 0 Å². The van der Waals surface area contributed by atoms with Crippen LogP contribution in [0, 0.1) is 0 Å². The lowest BCUT2D eigenvalue weighted by molar-refractivity contribution is 0.190. The van der Waals surface area contributed by atoms with Crippen molar-refractivity contribution in [1.82, 2.24) is 25.1 Å². The maximum Gasteiger partial charge on any atom is 0.263 e. The summed E-state index contributed by atoms with van der Waals surface area (Å²) in [5.41, 5.74) is 0.551. The molecule has 2 N–H and O–H groups in total. The highest BCUT2D eigenvalue weighted by molar-refractivity contribution is 7.90. The van der Waals surface area contributed by atoms with Crippen LogP contribution in [0.4, 0.5) is 0 Å². The molecule has 2 unspecified atom stereocenters. The van der Waals surface area contributed by atoms with Gasteiger partial charge in [0.05, 0.1) is 10.9 Å². The number of benzene rings is 1. The Labute approximate surface area is 151 Å². The lowest BCUT2D eigenvalue weighted by atomic mass is 10.2. The molecule has 9 nitrogen and oxygen atoms in total. The van der Waals surface area contributed by atoms with Crippen molar-refractivity contribution in [2.24, 2.45) is 4.99 Å². The molecule has 26 heavy (non-hydrogen) atoms. The average Bonchev–Trinajstić information content (AvgIpc) is 3.20. The van der Waals surface area contributed by atoms with Crippen LogP contribution >= 0.6 is 0 Å². The molecule has 4 rings (SSSR count). The number of nitrogens with one attached hydrogen (secondary N) is 2. The molecule has 0 amide bonds. The monoisotopic (exact) mass is 376 g/mol. The van der Waals surface area contributed by atoms with Crippen molar-refractivity contribution in [2.75, 3.05) is 26.7 Å². The summed E-state index contributed by atoms with van der Waals surface area (Å²) in [7, 11) is -1.54. The molecule has 3 heterocycles. The molecular weight excluding hydrogens is 356 g/mol. The zero-order valence-corrected chi connectivity index (χ0v) is 15.3. The van der Waals surface area contributed by atoms with E-state index in [2.05, 4.69) is 30.1 Å². The SMILES string of the molecule is CC(N=C1NS(=O)(=O)c2ccccc21)c1nc(C2CNCCN2C)no1. The van der Waals surface area contributed by atoms with Gasteiger partial charge in [0.2, 0.25) is 0 Å². The lowest BCUT2D eigenvalue weighted by Gasteiger charge is -2.30. The molecule has 0 aliphatic carbocycles. The molecule has 2 aliphatic rings. The summed E-state index contributed by atoms with van der Waals surface area (Å²) >= 11 is 0. The Balaban J connectivity index is 1.60. The first-order valence-corrected chi connectivity index (χ1v) is 9.88. The van der Waals surface area contributed by atoms with Gasteiger partial charge in [0.15, 0.2) is 5.82 Å². The Morgan fingerprint density at radius 2 is 2.19 bits per heavy atom. The first kappa shape index (κ1) is 17.1. The van der Waals surface area contributed by atoms with E-state index in [9.17, 15) is 8.42 Å². The maximum absolute atomic E-state index is 12.2. The highest BCUT2D eigenvalue weighted by atomic mass is 32.2. The number of hydrogen-bond donors (Lipinski definition) is 2. The van der Waals surface area contributed by atoms with Crippen molar-refractivity contribution in [1.29, 1.82) is 0 Å². The smallest absolute Gasteiger partial charge is 0.263 e. The summed E-state index contributed by atoms with van der Waals surface area (Å²) in [6.07, 6.45) is 0. The first-order valence-electron chi connectivity index (χ1n) is 8.40. The van der Waals surface area contributed by atoms with Crippen LogP contribution in [0.2, 0.25) is 0 Å². The molecule has 0 saturated carbocycles. The summed E-state index contributed by atoms with van der Waals surface area (Å²) in [5, 5.41) is 7.40. The number of hydrogen-bond acceptors (Lipinski definition) is 8. The van der Waals surface area contributed by atoms with E-state index in [0.29, 0.717) is 23.1 Å². The van der Waals surface area contributed by atoms with Crippen molar-refractivity contribution in [3.63, 3.8) is 0 Å². The zero-order chi connectivity index (χ0) is 18.3. The van der Waals surface area contributed by atoms with E-state index in [1.165, 1.54) is 0 Å². The Bertz CT molecular complexity index is 954. The van der Waals surface area contributed by atoms with Gasteiger partial charge in [-0.05, 0) is 26.1 Å². The molecule has 0 radical (unpaired) electrons. The lowest BCUT2D eigenvalue weighted by Crippen LogP contribution is -2.44. The number of sulfonamides is 1. The number of rotatable bonds is 3. The molecule has 10 heteroatoms. The van der Waals surface area contributed by atoms with Gasteiger partial charge in [0.1, 0.15) is 11.9 Å². The number of fused-ring (bicyclic) bond motifs is 1. The highest BCUT2D eigenvalue weighted by Crippen LogP contribution is 2.26. The predicted molar refractivity (Wildman–Crippen MR) is 94.3 cm³/mol. The number of piperazine rings is 1. The molecule has 1 aromatic heterocycles. The average molecular weight is 376 g/mol. The van der Waals surface area contributed by atoms with E-state index in [0.717, 1.165) is 19.6 Å². The third kappa shape index (κ3) is 3.00. The number of likely N-dealkylation sites (N-methyl/N-ethyl adjacent to an activating group) is 1. The van der Waals surface area contributed by atoms with E-state index in [1.54, 1.807) is 31.2 Å². The van der Waals surface area contributed by atoms with Gasteiger partial charge < -0.3 is 9.84 Å². The normalized spacial score (nSPS) is 25.0. The minimum absolute atomic E-state index is 0.0480. The van der Waals surface area contributed by atoms with E-state index in [-0.39, 0.29) is 10.9 Å². The summed E-state index contributed by atoms with van der Waals surface area (Å²) in [4.78, 5) is 11.3. The molecule has 1 fully saturated rings. The van der Waals surface area contributed by atoms with E-state index >= 15 is 0 Å². The quantitative estimate of drug-likeness (QED) is 0.799. The highest BCUT2D eigenvalue weighted by Gasteiger charge is 2.31. The molecule has 138 valence electrons. The van der Waals surface area contributed by atoms with Crippen LogP contribution in [0.15, 0.2) is 38.7 Å². The first-order chi connectivity index (χ1) is 12.5. The zero-order valence-electron chi connectivity index (χ0n) is 14.5. The third-order valence-electron chi connectivity index (χ3n) is 4.61. The second-order valence-corrected chi connectivity index (χ2v) is 8.10. The molecule has 1 aromatic carbocycles. The van der Waals surface area contributed by atoms with Gasteiger partial charge in [-0.3, -0.25) is 14.6 Å². The molecular formula is C16H20N6O3S. The molecule has 2 aromatic rings. The fraction of sp³-hybridized carbons (Fsp3) is 0.438. The molecule has 1 saturated heterocycles. The van der Waals surface area contributed by atoms with Crippen LogP contribution in [0.5, 0.6) is 0 Å². The number of nitrogens with zero attached hydrogens (tertiary/aromatic N) is 4. The Morgan fingerprint density at radius 3 is 3.00 bits per heavy atom. The van der Waals surface area contributed by atoms with Gasteiger partial charge in [-0.1, -0.05) is 17.3 Å². The van der Waals surface area contributed by atoms with Crippen LogP contribution in [0.25, 0.3) is 0 Å². The van der Waals surface area contributed by atoms with Crippen molar-refractivity contribution < 1.29 is 12.9 Å². The molecule has 2 atom stereocenters. The molecule has 0 bridgehead atoms. The fourth-order valence-electron chi connectivity index (χ4n) is 3.13. The van der Waals surface area contributed by atoms with Crippen molar-refractivity contribution in [3.8, 4) is 0 Å². The second kappa shape index (κ2) is 6.45. The van der Waals surface area contributed by atoms with Gasteiger partial charge in [0.25, 0.3) is 15.9 Å².